The number of alkyl halides is 3. The molecule has 0 atom stereocenters. The summed E-state index contributed by atoms with van der Waals surface area (Å²) >= 11 is 0. The van der Waals surface area contributed by atoms with Crippen LogP contribution in [0.4, 0.5) is 24.9 Å². The van der Waals surface area contributed by atoms with Crippen molar-refractivity contribution in [1.82, 2.24) is 14.9 Å². The van der Waals surface area contributed by atoms with E-state index in [0.29, 0.717) is 32.1 Å². The van der Waals surface area contributed by atoms with Gasteiger partial charge in [0.1, 0.15) is 5.82 Å². The first kappa shape index (κ1) is 15.8. The Hall–Kier alpha value is -1.57. The van der Waals surface area contributed by atoms with Crippen molar-refractivity contribution in [2.24, 2.45) is 0 Å². The Kier molecular flexibility index (Phi) is 4.87. The Morgan fingerprint density at radius 2 is 1.90 bits per heavy atom. The average molecular weight is 303 g/mol. The van der Waals surface area contributed by atoms with Crippen molar-refractivity contribution in [2.45, 2.75) is 20.0 Å². The molecule has 1 saturated heterocycles. The normalized spacial score (nSPS) is 17.1. The third kappa shape index (κ3) is 4.45. The number of anilines is 2. The van der Waals surface area contributed by atoms with E-state index in [1.54, 1.807) is 6.20 Å². The average Bonchev–Trinajstić information content (AvgIpc) is 2.40. The highest BCUT2D eigenvalue weighted by Gasteiger charge is 2.32. The Labute approximate surface area is 122 Å². The summed E-state index contributed by atoms with van der Waals surface area (Å²) in [7, 11) is 0. The second-order valence-corrected chi connectivity index (χ2v) is 5.11. The second kappa shape index (κ2) is 6.46. The molecule has 1 aromatic heterocycles. The highest BCUT2D eigenvalue weighted by molar-refractivity contribution is 5.49. The van der Waals surface area contributed by atoms with Gasteiger partial charge in [-0.1, -0.05) is 0 Å². The van der Waals surface area contributed by atoms with Gasteiger partial charge in [0.25, 0.3) is 0 Å². The van der Waals surface area contributed by atoms with Crippen LogP contribution in [0.2, 0.25) is 0 Å². The summed E-state index contributed by atoms with van der Waals surface area (Å²) in [6, 6.07) is 0. The summed E-state index contributed by atoms with van der Waals surface area (Å²) in [5, 5.41) is 3.05. The minimum absolute atomic E-state index is 0.388. The van der Waals surface area contributed by atoms with Gasteiger partial charge in [0.05, 0.1) is 6.54 Å². The molecule has 1 aliphatic rings. The summed E-state index contributed by atoms with van der Waals surface area (Å²) < 4.78 is 37.1. The van der Waals surface area contributed by atoms with Crippen LogP contribution < -0.4 is 10.2 Å². The summed E-state index contributed by atoms with van der Waals surface area (Å²) in [6.07, 6.45) is -2.40. The summed E-state index contributed by atoms with van der Waals surface area (Å²) in [5.41, 5.74) is 0.931. The molecule has 0 amide bonds. The molecule has 0 aromatic carbocycles. The van der Waals surface area contributed by atoms with Crippen molar-refractivity contribution in [3.8, 4) is 0 Å². The molecule has 8 heteroatoms. The van der Waals surface area contributed by atoms with Gasteiger partial charge >= 0.3 is 6.18 Å². The molecule has 2 rings (SSSR count). The van der Waals surface area contributed by atoms with Gasteiger partial charge < -0.3 is 10.2 Å². The number of halogens is 3. The zero-order chi connectivity index (χ0) is 15.5. The molecule has 0 spiro atoms. The minimum Gasteiger partial charge on any atom is -0.354 e. The number of hydrogen-bond donors (Lipinski definition) is 1. The lowest BCUT2D eigenvalue weighted by atomic mass is 10.2. The highest BCUT2D eigenvalue weighted by atomic mass is 19.4. The molecule has 0 bridgehead atoms. The smallest absolute Gasteiger partial charge is 0.354 e. The van der Waals surface area contributed by atoms with E-state index < -0.39 is 12.7 Å². The fraction of sp³-hybridized carbons (Fsp3) is 0.692. The van der Waals surface area contributed by atoms with Gasteiger partial charge in [-0.3, -0.25) is 4.90 Å². The van der Waals surface area contributed by atoms with Crippen LogP contribution >= 0.6 is 0 Å². The van der Waals surface area contributed by atoms with Gasteiger partial charge in [0, 0.05) is 44.5 Å². The number of aryl methyl sites for hydroxylation is 1. The summed E-state index contributed by atoms with van der Waals surface area (Å²) in [6.45, 7) is 5.61. The van der Waals surface area contributed by atoms with Crippen LogP contribution in [0.1, 0.15) is 12.5 Å². The van der Waals surface area contributed by atoms with Crippen molar-refractivity contribution in [3.05, 3.63) is 11.8 Å². The van der Waals surface area contributed by atoms with E-state index in [1.807, 2.05) is 18.7 Å². The molecule has 0 saturated carbocycles. The predicted octanol–water partition coefficient (Wildman–Crippen LogP) is 1.90. The van der Waals surface area contributed by atoms with Crippen LogP contribution in [0.5, 0.6) is 0 Å². The molecular weight excluding hydrogens is 283 g/mol. The van der Waals surface area contributed by atoms with Crippen molar-refractivity contribution >= 4 is 11.8 Å². The predicted molar refractivity (Wildman–Crippen MR) is 75.6 cm³/mol. The quantitative estimate of drug-likeness (QED) is 0.920. The molecule has 0 aliphatic carbocycles. The molecule has 1 N–H and O–H groups in total. The first-order valence-corrected chi connectivity index (χ1v) is 7.00. The van der Waals surface area contributed by atoms with Crippen LogP contribution in [-0.4, -0.2) is 60.3 Å². The fourth-order valence-corrected chi connectivity index (χ4v) is 2.37. The molecule has 21 heavy (non-hydrogen) atoms. The lowest BCUT2D eigenvalue weighted by Crippen LogP contribution is -2.49. The van der Waals surface area contributed by atoms with E-state index in [1.165, 1.54) is 4.90 Å². The number of rotatable bonds is 4. The van der Waals surface area contributed by atoms with Crippen LogP contribution in [0.3, 0.4) is 0 Å². The fourth-order valence-electron chi connectivity index (χ4n) is 2.37. The molecule has 118 valence electrons. The molecule has 2 heterocycles. The van der Waals surface area contributed by atoms with Gasteiger partial charge in [-0.25, -0.2) is 4.98 Å². The van der Waals surface area contributed by atoms with E-state index in [4.69, 9.17) is 0 Å². The number of hydrogen-bond acceptors (Lipinski definition) is 5. The van der Waals surface area contributed by atoms with E-state index in [2.05, 4.69) is 15.3 Å². The first-order chi connectivity index (χ1) is 9.89. The van der Waals surface area contributed by atoms with Gasteiger partial charge in [0.2, 0.25) is 5.95 Å². The molecule has 1 fully saturated rings. The third-order valence-electron chi connectivity index (χ3n) is 3.35. The summed E-state index contributed by atoms with van der Waals surface area (Å²) in [5.74, 6) is 1.35. The zero-order valence-electron chi connectivity index (χ0n) is 12.2. The van der Waals surface area contributed by atoms with Crippen LogP contribution in [-0.2, 0) is 0 Å². The van der Waals surface area contributed by atoms with Crippen molar-refractivity contribution < 1.29 is 13.2 Å². The zero-order valence-corrected chi connectivity index (χ0v) is 12.2. The lowest BCUT2D eigenvalue weighted by Gasteiger charge is -2.36. The SMILES string of the molecule is CCNc1ncc(C)c(N2CCN(CC(F)(F)F)CC2)n1. The van der Waals surface area contributed by atoms with Gasteiger partial charge in [0.15, 0.2) is 0 Å². The molecular formula is C13H20F3N5. The largest absolute Gasteiger partial charge is 0.401 e. The minimum atomic E-state index is -4.13. The Morgan fingerprint density at radius 1 is 1.24 bits per heavy atom. The first-order valence-electron chi connectivity index (χ1n) is 7.00. The van der Waals surface area contributed by atoms with Crippen LogP contribution in [0.25, 0.3) is 0 Å². The number of aromatic nitrogens is 2. The van der Waals surface area contributed by atoms with Gasteiger partial charge in [-0.2, -0.15) is 18.2 Å². The molecule has 1 aliphatic heterocycles. The molecule has 5 nitrogen and oxygen atoms in total. The monoisotopic (exact) mass is 303 g/mol. The van der Waals surface area contributed by atoms with Crippen LogP contribution in [0.15, 0.2) is 6.20 Å². The van der Waals surface area contributed by atoms with Gasteiger partial charge in [-0.15, -0.1) is 0 Å². The van der Waals surface area contributed by atoms with E-state index in [0.717, 1.165) is 17.9 Å². The highest BCUT2D eigenvalue weighted by Crippen LogP contribution is 2.22. The van der Waals surface area contributed by atoms with E-state index >= 15 is 0 Å². The van der Waals surface area contributed by atoms with E-state index in [-0.39, 0.29) is 0 Å². The maximum absolute atomic E-state index is 12.4. The number of piperazine rings is 1. The summed E-state index contributed by atoms with van der Waals surface area (Å²) in [4.78, 5) is 12.1. The lowest BCUT2D eigenvalue weighted by molar-refractivity contribution is -0.146. The Morgan fingerprint density at radius 3 is 2.48 bits per heavy atom. The maximum Gasteiger partial charge on any atom is 0.401 e. The van der Waals surface area contributed by atoms with Crippen molar-refractivity contribution in [3.63, 3.8) is 0 Å². The second-order valence-electron chi connectivity index (χ2n) is 5.11. The molecule has 0 radical (unpaired) electrons. The topological polar surface area (TPSA) is 44.3 Å². The Balaban J connectivity index is 2.00. The third-order valence-corrected chi connectivity index (χ3v) is 3.35. The number of nitrogens with one attached hydrogen (secondary N) is 1. The van der Waals surface area contributed by atoms with Crippen molar-refractivity contribution in [2.75, 3.05) is 49.5 Å². The standard InChI is InChI=1S/C13H20F3N5/c1-3-17-12-18-8-10(2)11(19-12)21-6-4-20(5-7-21)9-13(14,15)16/h8H,3-7,9H2,1-2H3,(H,17,18,19). The van der Waals surface area contributed by atoms with E-state index in [9.17, 15) is 13.2 Å². The number of nitrogens with zero attached hydrogens (tertiary/aromatic N) is 4. The van der Waals surface area contributed by atoms with Crippen LogP contribution in [0, 0.1) is 6.92 Å². The Bertz CT molecular complexity index is 469. The van der Waals surface area contributed by atoms with Crippen molar-refractivity contribution in [1.29, 1.82) is 0 Å². The maximum atomic E-state index is 12.4. The van der Waals surface area contributed by atoms with Gasteiger partial charge in [-0.05, 0) is 13.8 Å². The molecule has 0 unspecified atom stereocenters. The molecule has 1 aromatic rings.